The Balaban J connectivity index is 1.93. The van der Waals surface area contributed by atoms with Crippen LogP contribution in [0.2, 0.25) is 0 Å². The van der Waals surface area contributed by atoms with Crippen LogP contribution in [0.4, 0.5) is 0 Å². The third kappa shape index (κ3) is 2.29. The Morgan fingerprint density at radius 2 is 2.00 bits per heavy atom. The number of aromatic amines is 1. The minimum atomic E-state index is -0.259. The lowest BCUT2D eigenvalue weighted by Crippen LogP contribution is -2.32. The number of hydrogen-bond donors (Lipinski definition) is 1. The molecule has 1 aliphatic heterocycles. The molecule has 0 saturated carbocycles. The van der Waals surface area contributed by atoms with Crippen molar-refractivity contribution in [1.29, 1.82) is 0 Å². The van der Waals surface area contributed by atoms with E-state index in [9.17, 15) is 4.79 Å². The molecule has 1 N–H and O–H groups in total. The van der Waals surface area contributed by atoms with Crippen molar-refractivity contribution in [1.82, 2.24) is 15.0 Å². The van der Waals surface area contributed by atoms with E-state index in [1.807, 2.05) is 18.2 Å². The summed E-state index contributed by atoms with van der Waals surface area (Å²) in [5.74, 6) is 0. The number of rotatable bonds is 1. The zero-order chi connectivity index (χ0) is 17.9. The third-order valence-corrected chi connectivity index (χ3v) is 5.95. The lowest BCUT2D eigenvalue weighted by Gasteiger charge is -2.33. The number of nitrogens with zero attached hydrogens (tertiary/aromatic N) is 2. The molecular weight excluding hydrogens is 346 g/mol. The van der Waals surface area contributed by atoms with Gasteiger partial charge < -0.3 is 9.72 Å². The van der Waals surface area contributed by atoms with Crippen molar-refractivity contribution in [2.75, 3.05) is 0 Å². The Labute approximate surface area is 153 Å². The largest absolute Gasteiger partial charge is 0.370 e. The lowest BCUT2D eigenvalue weighted by atomic mass is 9.88. The highest BCUT2D eigenvalue weighted by atomic mass is 32.1. The highest BCUT2D eigenvalue weighted by Crippen LogP contribution is 2.41. The second-order valence-corrected chi connectivity index (χ2v) is 8.20. The van der Waals surface area contributed by atoms with Gasteiger partial charge in [0.05, 0.1) is 29.7 Å². The molecule has 1 aliphatic rings. The quantitative estimate of drug-likeness (QED) is 0.554. The number of nitrogens with one attached hydrogen (secondary N) is 1. The first-order valence-electron chi connectivity index (χ1n) is 8.54. The van der Waals surface area contributed by atoms with Gasteiger partial charge in [-0.25, -0.2) is 9.97 Å². The molecule has 3 aromatic heterocycles. The van der Waals surface area contributed by atoms with E-state index in [2.05, 4.69) is 35.9 Å². The van der Waals surface area contributed by atoms with E-state index in [-0.39, 0.29) is 11.2 Å². The number of fused-ring (bicyclic) bond motifs is 5. The summed E-state index contributed by atoms with van der Waals surface area (Å²) in [4.78, 5) is 25.2. The van der Waals surface area contributed by atoms with Gasteiger partial charge >= 0.3 is 0 Å². The molecule has 26 heavy (non-hydrogen) atoms. The fraction of sp³-hybridized carbons (Fsp3) is 0.250. The molecule has 0 spiro atoms. The Morgan fingerprint density at radius 3 is 2.81 bits per heavy atom. The second-order valence-electron chi connectivity index (χ2n) is 7.20. The molecule has 4 heterocycles. The van der Waals surface area contributed by atoms with Crippen molar-refractivity contribution in [3.8, 4) is 11.3 Å². The Bertz CT molecular complexity index is 1210. The molecule has 0 amide bonds. The molecule has 0 saturated heterocycles. The molecule has 0 bridgehead atoms. The standard InChI is InChI=1S/C20H17N3O2S/c1-20(2)8-12-13(9-25-20)15(11-6-4-3-5-7-11)23-19-14(12)16-17(26-19)18(24)22-10-21-16/h3-7,10H,8-9H2,1-2H3,(H,21,22,24). The van der Waals surface area contributed by atoms with Crippen molar-refractivity contribution in [3.63, 3.8) is 0 Å². The maximum atomic E-state index is 12.3. The van der Waals surface area contributed by atoms with E-state index in [0.29, 0.717) is 11.3 Å². The van der Waals surface area contributed by atoms with Crippen molar-refractivity contribution in [2.24, 2.45) is 0 Å². The number of ether oxygens (including phenoxy) is 1. The predicted octanol–water partition coefficient (Wildman–Crippen LogP) is 4.05. The molecule has 0 aliphatic carbocycles. The van der Waals surface area contributed by atoms with Gasteiger partial charge in [0, 0.05) is 22.9 Å². The highest BCUT2D eigenvalue weighted by Gasteiger charge is 2.31. The average molecular weight is 363 g/mol. The summed E-state index contributed by atoms with van der Waals surface area (Å²) < 4.78 is 6.72. The molecule has 0 unspecified atom stereocenters. The topological polar surface area (TPSA) is 67.9 Å². The molecule has 0 atom stereocenters. The van der Waals surface area contributed by atoms with Crippen LogP contribution in [0, 0.1) is 0 Å². The first kappa shape index (κ1) is 15.7. The number of thiophene rings is 1. The summed E-state index contributed by atoms with van der Waals surface area (Å²) in [6, 6.07) is 10.1. The van der Waals surface area contributed by atoms with Crippen molar-refractivity contribution in [2.45, 2.75) is 32.5 Å². The number of hydrogen-bond acceptors (Lipinski definition) is 5. The molecule has 4 aromatic rings. The first-order chi connectivity index (χ1) is 12.5. The van der Waals surface area contributed by atoms with Crippen LogP contribution in [-0.4, -0.2) is 20.6 Å². The van der Waals surface area contributed by atoms with E-state index in [1.54, 1.807) is 0 Å². The highest BCUT2D eigenvalue weighted by molar-refractivity contribution is 7.25. The van der Waals surface area contributed by atoms with Crippen LogP contribution in [0.25, 0.3) is 31.7 Å². The molecule has 1 aromatic carbocycles. The van der Waals surface area contributed by atoms with Gasteiger partial charge in [0.1, 0.15) is 9.53 Å². The average Bonchev–Trinajstić information content (AvgIpc) is 3.01. The van der Waals surface area contributed by atoms with Crippen molar-refractivity contribution >= 4 is 31.8 Å². The second kappa shape index (κ2) is 5.46. The van der Waals surface area contributed by atoms with Gasteiger partial charge in [-0.1, -0.05) is 30.3 Å². The van der Waals surface area contributed by atoms with Crippen LogP contribution in [0.15, 0.2) is 41.5 Å². The van der Waals surface area contributed by atoms with Crippen LogP contribution in [-0.2, 0) is 17.8 Å². The smallest absolute Gasteiger partial charge is 0.268 e. The van der Waals surface area contributed by atoms with E-state index in [1.165, 1.54) is 23.2 Å². The molecule has 0 fully saturated rings. The molecular formula is C20H17N3O2S. The van der Waals surface area contributed by atoms with Gasteiger partial charge in [0.25, 0.3) is 5.56 Å². The van der Waals surface area contributed by atoms with Gasteiger partial charge in [0.15, 0.2) is 0 Å². The number of benzene rings is 1. The Kier molecular flexibility index (Phi) is 3.29. The van der Waals surface area contributed by atoms with Crippen molar-refractivity contribution in [3.05, 3.63) is 58.1 Å². The predicted molar refractivity (Wildman–Crippen MR) is 104 cm³/mol. The summed E-state index contributed by atoms with van der Waals surface area (Å²) in [6.45, 7) is 4.70. The summed E-state index contributed by atoms with van der Waals surface area (Å²) >= 11 is 1.41. The number of aromatic nitrogens is 3. The minimum Gasteiger partial charge on any atom is -0.370 e. The van der Waals surface area contributed by atoms with E-state index < -0.39 is 0 Å². The Hall–Kier alpha value is -2.57. The van der Waals surface area contributed by atoms with Gasteiger partial charge in [-0.2, -0.15) is 0 Å². The van der Waals surface area contributed by atoms with Gasteiger partial charge in [0.2, 0.25) is 0 Å². The van der Waals surface area contributed by atoms with Crippen LogP contribution in [0.3, 0.4) is 0 Å². The van der Waals surface area contributed by atoms with Crippen LogP contribution in [0.5, 0.6) is 0 Å². The fourth-order valence-electron chi connectivity index (χ4n) is 3.65. The molecule has 0 radical (unpaired) electrons. The van der Waals surface area contributed by atoms with Crippen LogP contribution < -0.4 is 5.56 Å². The van der Waals surface area contributed by atoms with E-state index >= 15 is 0 Å². The van der Waals surface area contributed by atoms with Gasteiger partial charge in [-0.15, -0.1) is 11.3 Å². The van der Waals surface area contributed by atoms with Crippen molar-refractivity contribution < 1.29 is 4.74 Å². The third-order valence-electron chi connectivity index (χ3n) is 4.88. The summed E-state index contributed by atoms with van der Waals surface area (Å²) in [5, 5.41) is 1.00. The number of H-pyrrole nitrogens is 1. The monoisotopic (exact) mass is 363 g/mol. The first-order valence-corrected chi connectivity index (χ1v) is 9.36. The zero-order valence-corrected chi connectivity index (χ0v) is 15.3. The molecule has 5 nitrogen and oxygen atoms in total. The minimum absolute atomic E-state index is 0.112. The van der Waals surface area contributed by atoms with E-state index in [4.69, 9.17) is 9.72 Å². The zero-order valence-electron chi connectivity index (χ0n) is 14.5. The van der Waals surface area contributed by atoms with E-state index in [0.717, 1.165) is 39.0 Å². The van der Waals surface area contributed by atoms with Crippen LogP contribution in [0.1, 0.15) is 25.0 Å². The van der Waals surface area contributed by atoms with Crippen LogP contribution >= 0.6 is 11.3 Å². The number of pyridine rings is 1. The van der Waals surface area contributed by atoms with Gasteiger partial charge in [-0.05, 0) is 19.4 Å². The fourth-order valence-corrected chi connectivity index (χ4v) is 4.71. The normalized spacial score (nSPS) is 16.1. The SMILES string of the molecule is CC1(C)Cc2c(c(-c3ccccc3)nc3sc4c(=O)[nH]cnc4c23)CO1. The summed E-state index contributed by atoms with van der Waals surface area (Å²) in [7, 11) is 0. The summed E-state index contributed by atoms with van der Waals surface area (Å²) in [6.07, 6.45) is 2.24. The molecule has 6 heteroatoms. The maximum Gasteiger partial charge on any atom is 0.268 e. The summed E-state index contributed by atoms with van der Waals surface area (Å²) in [5.41, 5.74) is 4.68. The molecule has 130 valence electrons. The maximum absolute atomic E-state index is 12.3. The lowest BCUT2D eigenvalue weighted by molar-refractivity contribution is -0.0394. The Morgan fingerprint density at radius 1 is 1.19 bits per heavy atom. The molecule has 5 rings (SSSR count). The van der Waals surface area contributed by atoms with Gasteiger partial charge in [-0.3, -0.25) is 4.79 Å².